The normalized spacial score (nSPS) is 15.3. The summed E-state index contributed by atoms with van der Waals surface area (Å²) in [4.78, 5) is 14.4. The van der Waals surface area contributed by atoms with Gasteiger partial charge in [0.05, 0.1) is 5.69 Å². The SMILES string of the molecule is CC(C)CNC(=O)C1CCN(c2ccc(-c3ccc(Cl)cc3)nn2)CC1. The number of carbonyl (C=O) groups excluding carboxylic acids is 1. The van der Waals surface area contributed by atoms with Gasteiger partial charge >= 0.3 is 0 Å². The summed E-state index contributed by atoms with van der Waals surface area (Å²) < 4.78 is 0. The maximum atomic E-state index is 12.2. The molecule has 0 bridgehead atoms. The Labute approximate surface area is 159 Å². The maximum Gasteiger partial charge on any atom is 0.223 e. The van der Waals surface area contributed by atoms with Crippen LogP contribution in [0.5, 0.6) is 0 Å². The highest BCUT2D eigenvalue weighted by Crippen LogP contribution is 2.24. The van der Waals surface area contributed by atoms with Crippen LogP contribution in [0, 0.1) is 11.8 Å². The van der Waals surface area contributed by atoms with E-state index >= 15 is 0 Å². The Kier molecular flexibility index (Phi) is 6.09. The van der Waals surface area contributed by atoms with Crippen LogP contribution in [0.4, 0.5) is 5.82 Å². The van der Waals surface area contributed by atoms with E-state index in [4.69, 9.17) is 11.6 Å². The van der Waals surface area contributed by atoms with Gasteiger partial charge < -0.3 is 10.2 Å². The number of carbonyl (C=O) groups is 1. The average Bonchev–Trinajstić information content (AvgIpc) is 2.67. The van der Waals surface area contributed by atoms with Crippen LogP contribution < -0.4 is 10.2 Å². The molecule has 6 heteroatoms. The molecule has 1 aromatic carbocycles. The van der Waals surface area contributed by atoms with Gasteiger partial charge in [0.15, 0.2) is 5.82 Å². The number of hydrogen-bond acceptors (Lipinski definition) is 4. The summed E-state index contributed by atoms with van der Waals surface area (Å²) in [7, 11) is 0. The van der Waals surface area contributed by atoms with Crippen molar-refractivity contribution in [1.82, 2.24) is 15.5 Å². The molecule has 3 rings (SSSR count). The zero-order valence-electron chi connectivity index (χ0n) is 15.3. The quantitative estimate of drug-likeness (QED) is 0.867. The number of benzene rings is 1. The Morgan fingerprint density at radius 1 is 1.15 bits per heavy atom. The summed E-state index contributed by atoms with van der Waals surface area (Å²) in [6.07, 6.45) is 1.70. The number of halogens is 1. The number of nitrogens with one attached hydrogen (secondary N) is 1. The number of piperidine rings is 1. The minimum absolute atomic E-state index is 0.103. The molecule has 1 aliphatic rings. The number of rotatable bonds is 5. The molecule has 1 saturated heterocycles. The molecule has 2 heterocycles. The third-order valence-corrected chi connectivity index (χ3v) is 4.92. The summed E-state index contributed by atoms with van der Waals surface area (Å²) >= 11 is 5.92. The molecule has 26 heavy (non-hydrogen) atoms. The molecule has 0 aliphatic carbocycles. The van der Waals surface area contributed by atoms with E-state index in [9.17, 15) is 4.79 Å². The molecule has 0 atom stereocenters. The van der Waals surface area contributed by atoms with Gasteiger partial charge in [0.1, 0.15) is 0 Å². The van der Waals surface area contributed by atoms with Gasteiger partial charge in [0.25, 0.3) is 0 Å². The van der Waals surface area contributed by atoms with Crippen molar-refractivity contribution in [1.29, 1.82) is 0 Å². The largest absolute Gasteiger partial charge is 0.356 e. The smallest absolute Gasteiger partial charge is 0.223 e. The van der Waals surface area contributed by atoms with Crippen molar-refractivity contribution in [2.24, 2.45) is 11.8 Å². The maximum absolute atomic E-state index is 12.2. The number of aromatic nitrogens is 2. The predicted octanol–water partition coefficient (Wildman–Crippen LogP) is 3.79. The molecule has 2 aromatic rings. The van der Waals surface area contributed by atoms with Gasteiger partial charge in [-0.05, 0) is 43.0 Å². The molecule has 1 N–H and O–H groups in total. The van der Waals surface area contributed by atoms with E-state index < -0.39 is 0 Å². The first kappa shape index (κ1) is 18.6. The van der Waals surface area contributed by atoms with Crippen LogP contribution in [0.3, 0.4) is 0 Å². The lowest BCUT2D eigenvalue weighted by Crippen LogP contribution is -2.41. The van der Waals surface area contributed by atoms with Crippen molar-refractivity contribution >= 4 is 23.3 Å². The fraction of sp³-hybridized carbons (Fsp3) is 0.450. The predicted molar refractivity (Wildman–Crippen MR) is 105 cm³/mol. The zero-order chi connectivity index (χ0) is 18.5. The van der Waals surface area contributed by atoms with E-state index in [1.54, 1.807) is 0 Å². The number of hydrogen-bond donors (Lipinski definition) is 1. The second-order valence-electron chi connectivity index (χ2n) is 7.18. The van der Waals surface area contributed by atoms with E-state index in [0.717, 1.165) is 49.6 Å². The lowest BCUT2D eigenvalue weighted by Gasteiger charge is -2.32. The lowest BCUT2D eigenvalue weighted by atomic mass is 9.95. The second kappa shape index (κ2) is 8.49. The highest BCUT2D eigenvalue weighted by atomic mass is 35.5. The van der Waals surface area contributed by atoms with Gasteiger partial charge in [0.2, 0.25) is 5.91 Å². The summed E-state index contributed by atoms with van der Waals surface area (Å²) in [5.74, 6) is 1.63. The van der Waals surface area contributed by atoms with E-state index in [2.05, 4.69) is 34.3 Å². The van der Waals surface area contributed by atoms with Gasteiger partial charge in [-0.3, -0.25) is 4.79 Å². The molecule has 1 fully saturated rings. The number of amides is 1. The molecular formula is C20H25ClN4O. The first-order valence-electron chi connectivity index (χ1n) is 9.15. The third-order valence-electron chi connectivity index (χ3n) is 4.66. The van der Waals surface area contributed by atoms with E-state index in [1.807, 2.05) is 36.4 Å². The van der Waals surface area contributed by atoms with Crippen LogP contribution in [0.25, 0.3) is 11.3 Å². The van der Waals surface area contributed by atoms with Crippen molar-refractivity contribution in [2.75, 3.05) is 24.5 Å². The van der Waals surface area contributed by atoms with Crippen molar-refractivity contribution in [3.63, 3.8) is 0 Å². The minimum Gasteiger partial charge on any atom is -0.356 e. The van der Waals surface area contributed by atoms with Gasteiger partial charge in [-0.1, -0.05) is 37.6 Å². The molecule has 0 spiro atoms. The Balaban J connectivity index is 1.56. The molecule has 0 saturated carbocycles. The molecular weight excluding hydrogens is 348 g/mol. The molecule has 5 nitrogen and oxygen atoms in total. The Morgan fingerprint density at radius 2 is 1.85 bits per heavy atom. The molecule has 138 valence electrons. The van der Waals surface area contributed by atoms with Crippen molar-refractivity contribution in [3.8, 4) is 11.3 Å². The molecule has 0 radical (unpaired) electrons. The number of anilines is 1. The fourth-order valence-corrected chi connectivity index (χ4v) is 3.21. The summed E-state index contributed by atoms with van der Waals surface area (Å²) in [6, 6.07) is 11.5. The van der Waals surface area contributed by atoms with Crippen LogP contribution >= 0.6 is 11.6 Å². The topological polar surface area (TPSA) is 58.1 Å². The molecule has 1 aliphatic heterocycles. The Bertz CT molecular complexity index is 722. The van der Waals surface area contributed by atoms with E-state index in [-0.39, 0.29) is 11.8 Å². The Morgan fingerprint density at radius 3 is 2.42 bits per heavy atom. The lowest BCUT2D eigenvalue weighted by molar-refractivity contribution is -0.125. The summed E-state index contributed by atoms with van der Waals surface area (Å²) in [6.45, 7) is 6.62. The summed E-state index contributed by atoms with van der Waals surface area (Å²) in [5.41, 5.74) is 1.82. The van der Waals surface area contributed by atoms with Gasteiger partial charge in [0, 0.05) is 36.1 Å². The standard InChI is InChI=1S/C20H25ClN4O/c1-14(2)13-22-20(26)16-9-11-25(12-10-16)19-8-7-18(23-24-19)15-3-5-17(21)6-4-15/h3-8,14,16H,9-13H2,1-2H3,(H,22,26). The molecule has 1 aromatic heterocycles. The third kappa shape index (κ3) is 4.73. The minimum atomic E-state index is 0.103. The number of nitrogens with zero attached hydrogens (tertiary/aromatic N) is 3. The first-order chi connectivity index (χ1) is 12.5. The molecule has 0 unspecified atom stereocenters. The van der Waals surface area contributed by atoms with Crippen molar-refractivity contribution in [2.45, 2.75) is 26.7 Å². The molecule has 1 amide bonds. The summed E-state index contributed by atoms with van der Waals surface area (Å²) in [5, 5.41) is 12.5. The van der Waals surface area contributed by atoms with Crippen molar-refractivity contribution in [3.05, 3.63) is 41.4 Å². The first-order valence-corrected chi connectivity index (χ1v) is 9.53. The Hall–Kier alpha value is -2.14. The van der Waals surface area contributed by atoms with Gasteiger partial charge in [-0.2, -0.15) is 0 Å². The monoisotopic (exact) mass is 372 g/mol. The van der Waals surface area contributed by atoms with Crippen LogP contribution in [-0.4, -0.2) is 35.7 Å². The zero-order valence-corrected chi connectivity index (χ0v) is 16.0. The van der Waals surface area contributed by atoms with Gasteiger partial charge in [-0.15, -0.1) is 10.2 Å². The highest BCUT2D eigenvalue weighted by molar-refractivity contribution is 6.30. The van der Waals surface area contributed by atoms with Crippen LogP contribution in [0.15, 0.2) is 36.4 Å². The van der Waals surface area contributed by atoms with Crippen molar-refractivity contribution < 1.29 is 4.79 Å². The van der Waals surface area contributed by atoms with Crippen LogP contribution in [0.1, 0.15) is 26.7 Å². The second-order valence-corrected chi connectivity index (χ2v) is 7.62. The highest BCUT2D eigenvalue weighted by Gasteiger charge is 2.25. The fourth-order valence-electron chi connectivity index (χ4n) is 3.09. The van der Waals surface area contributed by atoms with Crippen LogP contribution in [0.2, 0.25) is 5.02 Å². The van der Waals surface area contributed by atoms with Gasteiger partial charge in [-0.25, -0.2) is 0 Å². The average molecular weight is 373 g/mol. The van der Waals surface area contributed by atoms with E-state index in [0.29, 0.717) is 10.9 Å². The van der Waals surface area contributed by atoms with E-state index in [1.165, 1.54) is 0 Å². The van der Waals surface area contributed by atoms with Crippen LogP contribution in [-0.2, 0) is 4.79 Å².